The minimum absolute atomic E-state index is 0.713. The van der Waals surface area contributed by atoms with Crippen LogP contribution in [0.3, 0.4) is 0 Å². The molecule has 2 heterocycles. The second-order valence-corrected chi connectivity index (χ2v) is 6.92. The maximum absolute atomic E-state index is 6.29. The Morgan fingerprint density at radius 3 is 2.41 bits per heavy atom. The van der Waals surface area contributed by atoms with Gasteiger partial charge in [0.15, 0.2) is 0 Å². The molecule has 3 aromatic carbocycles. The van der Waals surface area contributed by atoms with E-state index in [-0.39, 0.29) is 0 Å². The molecule has 27 heavy (non-hydrogen) atoms. The first-order valence-corrected chi connectivity index (χ1v) is 9.13. The van der Waals surface area contributed by atoms with Crippen LogP contribution in [0.2, 0.25) is 5.02 Å². The third-order valence-electron chi connectivity index (χ3n) is 4.74. The highest BCUT2D eigenvalue weighted by Crippen LogP contribution is 2.26. The van der Waals surface area contributed by atoms with Crippen molar-refractivity contribution in [3.63, 3.8) is 0 Å². The first kappa shape index (κ1) is 15.9. The van der Waals surface area contributed by atoms with E-state index < -0.39 is 0 Å². The number of fused-ring (bicyclic) bond motifs is 2. The van der Waals surface area contributed by atoms with E-state index in [0.29, 0.717) is 5.02 Å². The Balaban J connectivity index is 1.60. The van der Waals surface area contributed by atoms with Crippen molar-refractivity contribution in [1.82, 2.24) is 14.8 Å². The average molecular weight is 370 g/mol. The van der Waals surface area contributed by atoms with Gasteiger partial charge < -0.3 is 4.57 Å². The van der Waals surface area contributed by atoms with Gasteiger partial charge in [-0.1, -0.05) is 66.2 Å². The Bertz CT molecular complexity index is 1260. The molecule has 0 spiro atoms. The van der Waals surface area contributed by atoms with Crippen molar-refractivity contribution >= 4 is 45.4 Å². The number of H-pyrrole nitrogens is 1. The minimum atomic E-state index is 0.713. The van der Waals surface area contributed by atoms with E-state index in [1.165, 1.54) is 10.8 Å². The van der Waals surface area contributed by atoms with Crippen LogP contribution in [0.25, 0.3) is 39.5 Å². The van der Waals surface area contributed by atoms with Crippen LogP contribution >= 0.6 is 11.6 Å². The number of nitrogens with one attached hydrogen (secondary N) is 1. The van der Waals surface area contributed by atoms with E-state index in [1.807, 2.05) is 54.6 Å². The number of benzene rings is 3. The monoisotopic (exact) mass is 369 g/mol. The van der Waals surface area contributed by atoms with Crippen molar-refractivity contribution in [1.29, 1.82) is 0 Å². The zero-order valence-electron chi connectivity index (χ0n) is 14.4. The van der Waals surface area contributed by atoms with E-state index in [0.717, 1.165) is 27.8 Å². The summed E-state index contributed by atoms with van der Waals surface area (Å²) in [5.41, 5.74) is 4.07. The Labute approximate surface area is 161 Å². The second kappa shape index (κ2) is 6.45. The standard InChI is InChI=1S/C23H16ClN3/c24-19-11-9-16(10-12-22-20-7-3-4-8-21(20)25-26-22)23(13-19)27-14-17-5-1-2-6-18(17)15-27/h1-15H,(H,25,26). The quantitative estimate of drug-likeness (QED) is 0.396. The average Bonchev–Trinajstić information content (AvgIpc) is 3.31. The Morgan fingerprint density at radius 1 is 0.852 bits per heavy atom. The number of aromatic amines is 1. The summed E-state index contributed by atoms with van der Waals surface area (Å²) in [6.07, 6.45) is 8.37. The molecule has 0 fully saturated rings. The molecular weight excluding hydrogens is 354 g/mol. The van der Waals surface area contributed by atoms with Crippen LogP contribution in [0, 0.1) is 0 Å². The largest absolute Gasteiger partial charge is 0.322 e. The summed E-state index contributed by atoms with van der Waals surface area (Å²) >= 11 is 6.29. The van der Waals surface area contributed by atoms with Gasteiger partial charge in [-0.3, -0.25) is 5.10 Å². The molecule has 0 saturated heterocycles. The summed E-state index contributed by atoms with van der Waals surface area (Å²) in [7, 11) is 0. The molecule has 0 aliphatic rings. The van der Waals surface area contributed by atoms with Crippen LogP contribution in [0.4, 0.5) is 0 Å². The van der Waals surface area contributed by atoms with Gasteiger partial charge in [0.05, 0.1) is 16.9 Å². The van der Waals surface area contributed by atoms with Gasteiger partial charge in [0, 0.05) is 22.8 Å². The number of hydrogen-bond donors (Lipinski definition) is 1. The lowest BCUT2D eigenvalue weighted by atomic mass is 10.1. The predicted molar refractivity (Wildman–Crippen MR) is 113 cm³/mol. The molecular formula is C23H16ClN3. The third-order valence-corrected chi connectivity index (χ3v) is 4.98. The Kier molecular flexibility index (Phi) is 3.80. The fraction of sp³-hybridized carbons (Fsp3) is 0. The lowest BCUT2D eigenvalue weighted by Crippen LogP contribution is -1.93. The number of nitrogens with zero attached hydrogens (tertiary/aromatic N) is 2. The minimum Gasteiger partial charge on any atom is -0.322 e. The summed E-state index contributed by atoms with van der Waals surface area (Å²) in [6, 6.07) is 22.4. The summed E-state index contributed by atoms with van der Waals surface area (Å²) in [5.74, 6) is 0. The topological polar surface area (TPSA) is 33.6 Å². The number of hydrogen-bond acceptors (Lipinski definition) is 1. The van der Waals surface area contributed by atoms with E-state index in [1.54, 1.807) is 0 Å². The van der Waals surface area contributed by atoms with Gasteiger partial charge in [0.2, 0.25) is 0 Å². The van der Waals surface area contributed by atoms with Crippen molar-refractivity contribution in [2.45, 2.75) is 0 Å². The SMILES string of the molecule is Clc1ccc(C=Cc2n[nH]c3ccccc23)c(-n2cc3ccccc3c2)c1. The van der Waals surface area contributed by atoms with Crippen LogP contribution in [0.15, 0.2) is 79.1 Å². The van der Waals surface area contributed by atoms with Gasteiger partial charge in [-0.2, -0.15) is 5.10 Å². The van der Waals surface area contributed by atoms with E-state index >= 15 is 0 Å². The molecule has 0 unspecified atom stereocenters. The predicted octanol–water partition coefficient (Wildman–Crippen LogP) is 6.33. The molecule has 4 heteroatoms. The second-order valence-electron chi connectivity index (χ2n) is 6.49. The fourth-order valence-electron chi connectivity index (χ4n) is 3.38. The van der Waals surface area contributed by atoms with Crippen LogP contribution in [-0.4, -0.2) is 14.8 Å². The van der Waals surface area contributed by atoms with Crippen molar-refractivity contribution in [3.05, 3.63) is 95.4 Å². The summed E-state index contributed by atoms with van der Waals surface area (Å²) < 4.78 is 2.12. The first-order chi connectivity index (χ1) is 13.3. The Hall–Kier alpha value is -3.30. The molecule has 1 N–H and O–H groups in total. The summed E-state index contributed by atoms with van der Waals surface area (Å²) in [6.45, 7) is 0. The molecule has 0 amide bonds. The molecule has 130 valence electrons. The van der Waals surface area contributed by atoms with Gasteiger partial charge in [0.25, 0.3) is 0 Å². The van der Waals surface area contributed by atoms with Crippen LogP contribution < -0.4 is 0 Å². The number of aromatic nitrogens is 3. The zero-order valence-corrected chi connectivity index (χ0v) is 15.2. The Morgan fingerprint density at radius 2 is 1.59 bits per heavy atom. The molecule has 3 nitrogen and oxygen atoms in total. The highest BCUT2D eigenvalue weighted by Gasteiger charge is 2.07. The molecule has 0 aliphatic heterocycles. The van der Waals surface area contributed by atoms with Crippen molar-refractivity contribution < 1.29 is 0 Å². The number of halogens is 1. The molecule has 2 aromatic heterocycles. The molecule has 5 aromatic rings. The van der Waals surface area contributed by atoms with E-state index in [9.17, 15) is 0 Å². The molecule has 0 bridgehead atoms. The van der Waals surface area contributed by atoms with Crippen molar-refractivity contribution in [2.75, 3.05) is 0 Å². The molecule has 0 radical (unpaired) electrons. The molecule has 0 atom stereocenters. The first-order valence-electron chi connectivity index (χ1n) is 8.76. The summed E-state index contributed by atoms with van der Waals surface area (Å²) in [4.78, 5) is 0. The van der Waals surface area contributed by atoms with E-state index in [4.69, 9.17) is 11.6 Å². The van der Waals surface area contributed by atoms with Crippen molar-refractivity contribution in [3.8, 4) is 5.69 Å². The van der Waals surface area contributed by atoms with Crippen LogP contribution in [0.1, 0.15) is 11.3 Å². The molecule has 5 rings (SSSR count). The highest BCUT2D eigenvalue weighted by molar-refractivity contribution is 6.30. The van der Waals surface area contributed by atoms with Gasteiger partial charge >= 0.3 is 0 Å². The normalized spacial score (nSPS) is 11.7. The van der Waals surface area contributed by atoms with Crippen LogP contribution in [0.5, 0.6) is 0 Å². The summed E-state index contributed by atoms with van der Waals surface area (Å²) in [5, 5.41) is 11.7. The smallest absolute Gasteiger partial charge is 0.0927 e. The van der Waals surface area contributed by atoms with E-state index in [2.05, 4.69) is 51.4 Å². The maximum atomic E-state index is 6.29. The maximum Gasteiger partial charge on any atom is 0.0927 e. The fourth-order valence-corrected chi connectivity index (χ4v) is 3.55. The lowest BCUT2D eigenvalue weighted by Gasteiger charge is -2.08. The highest BCUT2D eigenvalue weighted by atomic mass is 35.5. The number of rotatable bonds is 3. The van der Waals surface area contributed by atoms with Crippen LogP contribution in [-0.2, 0) is 0 Å². The molecule has 0 saturated carbocycles. The van der Waals surface area contributed by atoms with Gasteiger partial charge in [-0.15, -0.1) is 0 Å². The lowest BCUT2D eigenvalue weighted by molar-refractivity contribution is 1.08. The van der Waals surface area contributed by atoms with Gasteiger partial charge in [0.1, 0.15) is 0 Å². The number of para-hydroxylation sites is 1. The van der Waals surface area contributed by atoms with Gasteiger partial charge in [-0.05, 0) is 40.6 Å². The van der Waals surface area contributed by atoms with Crippen molar-refractivity contribution in [2.24, 2.45) is 0 Å². The zero-order chi connectivity index (χ0) is 18.2. The van der Waals surface area contributed by atoms with Gasteiger partial charge in [-0.25, -0.2) is 0 Å². The third kappa shape index (κ3) is 2.92. The molecule has 0 aliphatic carbocycles.